The van der Waals surface area contributed by atoms with Gasteiger partial charge in [0.1, 0.15) is 6.04 Å². The van der Waals surface area contributed by atoms with Gasteiger partial charge in [0.15, 0.2) is 0 Å². The number of benzene rings is 1. The largest absolute Gasteiger partial charge is 0.480 e. The second-order valence-electron chi connectivity index (χ2n) is 5.23. The molecule has 6 heteroatoms. The third-order valence-corrected chi connectivity index (χ3v) is 3.22. The summed E-state index contributed by atoms with van der Waals surface area (Å²) in [5.41, 5.74) is 6.44. The summed E-state index contributed by atoms with van der Waals surface area (Å²) in [7, 11) is 0. The quantitative estimate of drug-likeness (QED) is 0.768. The van der Waals surface area contributed by atoms with Gasteiger partial charge in [-0.3, -0.25) is 4.79 Å². The van der Waals surface area contributed by atoms with Crippen LogP contribution in [0, 0.1) is 0 Å². The highest BCUT2D eigenvalue weighted by Crippen LogP contribution is 2.03. The number of amides is 1. The molecule has 0 saturated carbocycles. The maximum Gasteiger partial charge on any atom is 0.326 e. The van der Waals surface area contributed by atoms with Gasteiger partial charge < -0.3 is 20.9 Å². The van der Waals surface area contributed by atoms with Crippen molar-refractivity contribution in [1.29, 1.82) is 0 Å². The van der Waals surface area contributed by atoms with Crippen molar-refractivity contribution in [2.75, 3.05) is 13.2 Å². The number of nitrogens with two attached hydrogens (primary N) is 1. The van der Waals surface area contributed by atoms with E-state index in [0.717, 1.165) is 31.6 Å². The summed E-state index contributed by atoms with van der Waals surface area (Å²) in [6, 6.07) is 8.75. The van der Waals surface area contributed by atoms with E-state index in [-0.39, 0.29) is 5.91 Å². The predicted octanol–water partition coefficient (Wildman–Crippen LogP) is 0.942. The number of carboxylic acid groups (broad SMARTS) is 1. The van der Waals surface area contributed by atoms with E-state index in [1.807, 2.05) is 30.3 Å². The Bertz CT molecular complexity index is 458. The Hall–Kier alpha value is -1.92. The van der Waals surface area contributed by atoms with Gasteiger partial charge in [-0.25, -0.2) is 4.79 Å². The summed E-state index contributed by atoms with van der Waals surface area (Å²) in [5, 5.41) is 11.3. The van der Waals surface area contributed by atoms with Crippen molar-refractivity contribution < 1.29 is 19.4 Å². The molecule has 1 fully saturated rings. The van der Waals surface area contributed by atoms with Crippen molar-refractivity contribution in [3.05, 3.63) is 35.9 Å². The lowest BCUT2D eigenvalue weighted by atomic mass is 10.1. The topological polar surface area (TPSA) is 102 Å². The van der Waals surface area contributed by atoms with Gasteiger partial charge in [0.05, 0.1) is 0 Å². The number of hydrogen-bond acceptors (Lipinski definition) is 4. The minimum absolute atomic E-state index is 0.301. The molecule has 1 saturated heterocycles. The average molecular weight is 308 g/mol. The summed E-state index contributed by atoms with van der Waals surface area (Å²) in [6.45, 7) is 3.03. The molecule has 1 atom stereocenters. The zero-order valence-corrected chi connectivity index (χ0v) is 12.8. The molecule has 2 rings (SSSR count). The molecule has 0 bridgehead atoms. The first-order chi connectivity index (χ1) is 10.5. The minimum atomic E-state index is -1.02. The van der Waals surface area contributed by atoms with Crippen LogP contribution in [0.3, 0.4) is 0 Å². The second kappa shape index (κ2) is 9.92. The molecule has 6 nitrogen and oxygen atoms in total. The lowest BCUT2D eigenvalue weighted by molar-refractivity contribution is -0.141. The highest BCUT2D eigenvalue weighted by molar-refractivity contribution is 5.82. The van der Waals surface area contributed by atoms with Crippen LogP contribution < -0.4 is 11.1 Å². The number of carbonyl (C=O) groups excluding carboxylic acids is 1. The normalized spacial score (nSPS) is 16.1. The van der Waals surface area contributed by atoms with E-state index in [1.165, 1.54) is 6.92 Å². The SMILES string of the molecule is CC(=O)NC(Cc1ccccc1)C(=O)O.NC1CCOCC1. The Morgan fingerprint density at radius 3 is 2.32 bits per heavy atom. The molecule has 0 radical (unpaired) electrons. The molecule has 1 heterocycles. The fraction of sp³-hybridized carbons (Fsp3) is 0.500. The molecule has 1 aliphatic heterocycles. The molecule has 0 spiro atoms. The molecular weight excluding hydrogens is 284 g/mol. The monoisotopic (exact) mass is 308 g/mol. The zero-order valence-electron chi connectivity index (χ0n) is 12.8. The minimum Gasteiger partial charge on any atom is -0.480 e. The maximum absolute atomic E-state index is 10.8. The fourth-order valence-electron chi connectivity index (χ4n) is 2.01. The molecule has 122 valence electrons. The summed E-state index contributed by atoms with van der Waals surface area (Å²) in [4.78, 5) is 21.6. The van der Waals surface area contributed by atoms with Gasteiger partial charge in [0, 0.05) is 32.6 Å². The molecule has 0 aliphatic carbocycles. The van der Waals surface area contributed by atoms with Gasteiger partial charge in [-0.05, 0) is 18.4 Å². The van der Waals surface area contributed by atoms with Crippen molar-refractivity contribution in [3.63, 3.8) is 0 Å². The summed E-state index contributed by atoms with van der Waals surface area (Å²) < 4.78 is 5.06. The van der Waals surface area contributed by atoms with E-state index in [0.29, 0.717) is 12.5 Å². The van der Waals surface area contributed by atoms with E-state index in [1.54, 1.807) is 0 Å². The molecule has 1 amide bonds. The van der Waals surface area contributed by atoms with Crippen LogP contribution in [0.25, 0.3) is 0 Å². The second-order valence-corrected chi connectivity index (χ2v) is 5.23. The number of nitrogens with one attached hydrogen (secondary N) is 1. The number of carbonyl (C=O) groups is 2. The number of ether oxygens (including phenoxy) is 1. The number of aliphatic carboxylic acids is 1. The first-order valence-corrected chi connectivity index (χ1v) is 7.36. The zero-order chi connectivity index (χ0) is 16.4. The number of rotatable bonds is 4. The van der Waals surface area contributed by atoms with E-state index in [4.69, 9.17) is 15.6 Å². The summed E-state index contributed by atoms with van der Waals surface area (Å²) >= 11 is 0. The molecule has 22 heavy (non-hydrogen) atoms. The van der Waals surface area contributed by atoms with Gasteiger partial charge in [0.2, 0.25) is 5.91 Å². The van der Waals surface area contributed by atoms with Gasteiger partial charge >= 0.3 is 5.97 Å². The third-order valence-electron chi connectivity index (χ3n) is 3.22. The molecule has 0 aromatic heterocycles. The van der Waals surface area contributed by atoms with Gasteiger partial charge in [-0.1, -0.05) is 30.3 Å². The van der Waals surface area contributed by atoms with Crippen LogP contribution >= 0.6 is 0 Å². The maximum atomic E-state index is 10.8. The van der Waals surface area contributed by atoms with Crippen LogP contribution in [0.4, 0.5) is 0 Å². The highest BCUT2D eigenvalue weighted by Gasteiger charge is 2.18. The van der Waals surface area contributed by atoms with E-state index in [9.17, 15) is 9.59 Å². The van der Waals surface area contributed by atoms with Gasteiger partial charge in [-0.2, -0.15) is 0 Å². The molecule has 4 N–H and O–H groups in total. The smallest absolute Gasteiger partial charge is 0.326 e. The van der Waals surface area contributed by atoms with Crippen LogP contribution in [0.2, 0.25) is 0 Å². The van der Waals surface area contributed by atoms with Crippen molar-refractivity contribution in [2.24, 2.45) is 5.73 Å². The highest BCUT2D eigenvalue weighted by atomic mass is 16.5. The summed E-state index contributed by atoms with van der Waals surface area (Å²) in [5.74, 6) is -1.35. The van der Waals surface area contributed by atoms with Crippen LogP contribution in [0.15, 0.2) is 30.3 Å². The van der Waals surface area contributed by atoms with Crippen molar-refractivity contribution in [3.8, 4) is 0 Å². The van der Waals surface area contributed by atoms with E-state index < -0.39 is 12.0 Å². The van der Waals surface area contributed by atoms with Crippen LogP contribution in [0.1, 0.15) is 25.3 Å². The van der Waals surface area contributed by atoms with Crippen molar-refractivity contribution in [2.45, 2.75) is 38.3 Å². The van der Waals surface area contributed by atoms with Crippen LogP contribution in [-0.2, 0) is 20.7 Å². The Morgan fingerprint density at radius 1 is 1.32 bits per heavy atom. The Kier molecular flexibility index (Phi) is 8.17. The van der Waals surface area contributed by atoms with E-state index >= 15 is 0 Å². The molecular formula is C16H24N2O4. The van der Waals surface area contributed by atoms with E-state index in [2.05, 4.69) is 5.32 Å². The van der Waals surface area contributed by atoms with Gasteiger partial charge in [0.25, 0.3) is 0 Å². The lowest BCUT2D eigenvalue weighted by Crippen LogP contribution is -2.41. The van der Waals surface area contributed by atoms with Crippen molar-refractivity contribution >= 4 is 11.9 Å². The molecule has 1 aromatic rings. The summed E-state index contributed by atoms with van der Waals surface area (Å²) in [6.07, 6.45) is 2.38. The van der Waals surface area contributed by atoms with Crippen molar-refractivity contribution in [1.82, 2.24) is 5.32 Å². The molecule has 1 aliphatic rings. The first kappa shape index (κ1) is 18.1. The Labute approximate surface area is 130 Å². The molecule has 1 aromatic carbocycles. The van der Waals surface area contributed by atoms with Gasteiger partial charge in [-0.15, -0.1) is 0 Å². The fourth-order valence-corrected chi connectivity index (χ4v) is 2.01. The average Bonchev–Trinajstić information content (AvgIpc) is 2.48. The van der Waals surface area contributed by atoms with Crippen LogP contribution in [0.5, 0.6) is 0 Å². The Balaban J connectivity index is 0.000000287. The number of carboxylic acids is 1. The lowest BCUT2D eigenvalue weighted by Gasteiger charge is -2.16. The first-order valence-electron chi connectivity index (χ1n) is 7.36. The Morgan fingerprint density at radius 2 is 1.91 bits per heavy atom. The third kappa shape index (κ3) is 7.75. The number of hydrogen-bond donors (Lipinski definition) is 3. The van der Waals surface area contributed by atoms with Crippen LogP contribution in [-0.4, -0.2) is 42.3 Å². The standard InChI is InChI=1S/C11H13NO3.C5H11NO/c1-8(13)12-10(11(14)15)7-9-5-3-2-4-6-9;6-5-1-3-7-4-2-5/h2-6,10H,7H2,1H3,(H,12,13)(H,14,15);5H,1-4,6H2. The molecule has 1 unspecified atom stereocenters. The predicted molar refractivity (Wildman–Crippen MR) is 83.4 cm³/mol.